The van der Waals surface area contributed by atoms with Gasteiger partial charge in [-0.15, -0.1) is 0 Å². The summed E-state index contributed by atoms with van der Waals surface area (Å²) in [5.41, 5.74) is 1.87. The van der Waals surface area contributed by atoms with E-state index in [1.54, 1.807) is 38.1 Å². The molecule has 1 heterocycles. The number of nitrogens with zero attached hydrogens (tertiary/aromatic N) is 3. The molecule has 1 N–H and O–H groups in total. The van der Waals surface area contributed by atoms with E-state index in [-0.39, 0.29) is 22.6 Å². The predicted molar refractivity (Wildman–Crippen MR) is 128 cm³/mol. The number of carbonyl (C=O) groups is 1. The van der Waals surface area contributed by atoms with E-state index in [2.05, 4.69) is 15.3 Å². The Hall–Kier alpha value is -3.46. The first-order valence-corrected chi connectivity index (χ1v) is 12.0. The van der Waals surface area contributed by atoms with Crippen molar-refractivity contribution >= 4 is 27.6 Å². The van der Waals surface area contributed by atoms with E-state index in [0.717, 1.165) is 15.4 Å². The van der Waals surface area contributed by atoms with Crippen molar-refractivity contribution < 1.29 is 17.9 Å². The molecule has 174 valence electrons. The number of rotatable bonds is 9. The minimum absolute atomic E-state index is 0.0773. The molecule has 3 aromatic rings. The Morgan fingerprint density at radius 2 is 1.67 bits per heavy atom. The summed E-state index contributed by atoms with van der Waals surface area (Å²) < 4.78 is 32.9. The molecule has 0 aliphatic heterocycles. The highest BCUT2D eigenvalue weighted by molar-refractivity contribution is 7.92. The second-order valence-electron chi connectivity index (χ2n) is 7.89. The van der Waals surface area contributed by atoms with Crippen molar-refractivity contribution in [3.8, 4) is 0 Å². The van der Waals surface area contributed by atoms with E-state index in [1.165, 1.54) is 19.4 Å². The Bertz CT molecular complexity index is 1180. The van der Waals surface area contributed by atoms with Crippen LogP contribution in [0.1, 0.15) is 25.0 Å². The predicted octanol–water partition coefficient (Wildman–Crippen LogP) is 3.58. The molecule has 0 unspecified atom stereocenters. The molecule has 33 heavy (non-hydrogen) atoms. The molecule has 0 spiro atoms. The van der Waals surface area contributed by atoms with Crippen molar-refractivity contribution in [1.29, 1.82) is 0 Å². The van der Waals surface area contributed by atoms with E-state index in [9.17, 15) is 13.2 Å². The Kier molecular flexibility index (Phi) is 7.65. The molecule has 0 bridgehead atoms. The number of aromatic nitrogens is 2. The molecule has 0 saturated carbocycles. The van der Waals surface area contributed by atoms with Crippen molar-refractivity contribution in [2.75, 3.05) is 16.7 Å². The maximum absolute atomic E-state index is 13.2. The van der Waals surface area contributed by atoms with Gasteiger partial charge in [-0.25, -0.2) is 27.5 Å². The van der Waals surface area contributed by atoms with Gasteiger partial charge in [-0.3, -0.25) is 0 Å². The molecule has 8 nitrogen and oxygen atoms in total. The van der Waals surface area contributed by atoms with Gasteiger partial charge in [0.25, 0.3) is 10.0 Å². The van der Waals surface area contributed by atoms with Crippen LogP contribution in [-0.2, 0) is 26.0 Å². The monoisotopic (exact) mass is 468 g/mol. The van der Waals surface area contributed by atoms with Crippen LogP contribution in [0.4, 0.5) is 11.6 Å². The summed E-state index contributed by atoms with van der Waals surface area (Å²) in [6.45, 7) is 5.42. The molecule has 9 heteroatoms. The molecule has 3 rings (SSSR count). The Labute approximate surface area is 194 Å². The smallest absolute Gasteiger partial charge is 0.329 e. The third-order valence-electron chi connectivity index (χ3n) is 4.89. The molecule has 0 radical (unpaired) electrons. The van der Waals surface area contributed by atoms with Gasteiger partial charge in [0.05, 0.1) is 11.0 Å². The SMILES string of the molecule is Cc1ccc(S(=O)(=O)N(C)c2nccnc2N[C@@H](Cc2ccccc2)C(=O)OC(C)C)cc1. The number of aryl methyl sites for hydroxylation is 1. The number of hydrogen-bond acceptors (Lipinski definition) is 7. The van der Waals surface area contributed by atoms with Crippen LogP contribution in [0.3, 0.4) is 0 Å². The summed E-state index contributed by atoms with van der Waals surface area (Å²) in [5.74, 6) is -0.222. The molecule has 1 aromatic heterocycles. The zero-order valence-corrected chi connectivity index (χ0v) is 19.9. The van der Waals surface area contributed by atoms with Crippen molar-refractivity contribution in [3.63, 3.8) is 0 Å². The first-order valence-electron chi connectivity index (χ1n) is 10.6. The average Bonchev–Trinajstić information content (AvgIpc) is 2.79. The quantitative estimate of drug-likeness (QED) is 0.479. The normalized spacial score (nSPS) is 12.3. The van der Waals surface area contributed by atoms with Crippen LogP contribution in [0.25, 0.3) is 0 Å². The summed E-state index contributed by atoms with van der Waals surface area (Å²) in [5, 5.41) is 3.06. The summed E-state index contributed by atoms with van der Waals surface area (Å²) in [6, 6.07) is 15.2. The lowest BCUT2D eigenvalue weighted by atomic mass is 10.1. The highest BCUT2D eigenvalue weighted by atomic mass is 32.2. The topological polar surface area (TPSA) is 101 Å². The lowest BCUT2D eigenvalue weighted by molar-refractivity contribution is -0.148. The van der Waals surface area contributed by atoms with Crippen molar-refractivity contribution in [1.82, 2.24) is 9.97 Å². The van der Waals surface area contributed by atoms with Crippen LogP contribution in [0.15, 0.2) is 71.9 Å². The molecular weight excluding hydrogens is 440 g/mol. The largest absolute Gasteiger partial charge is 0.461 e. The second kappa shape index (κ2) is 10.4. The van der Waals surface area contributed by atoms with Gasteiger partial charge in [-0.1, -0.05) is 48.0 Å². The lowest BCUT2D eigenvalue weighted by Gasteiger charge is -2.24. The van der Waals surface area contributed by atoms with Gasteiger partial charge in [0.1, 0.15) is 6.04 Å². The molecule has 0 aliphatic rings. The molecule has 2 aromatic carbocycles. The molecule has 0 fully saturated rings. The Balaban J connectivity index is 1.93. The zero-order valence-electron chi connectivity index (χ0n) is 19.1. The number of benzene rings is 2. The number of nitrogens with one attached hydrogen (secondary N) is 1. The molecule has 0 aliphatic carbocycles. The first-order chi connectivity index (χ1) is 15.7. The fraction of sp³-hybridized carbons (Fsp3) is 0.292. The number of sulfonamides is 1. The van der Waals surface area contributed by atoms with Crippen molar-refractivity contribution in [3.05, 3.63) is 78.1 Å². The summed E-state index contributed by atoms with van der Waals surface area (Å²) in [4.78, 5) is 21.5. The van der Waals surface area contributed by atoms with E-state index < -0.39 is 22.0 Å². The standard InChI is InChI=1S/C24H28N4O4S/c1-17(2)32-24(29)21(16-19-8-6-5-7-9-19)27-22-23(26-15-14-25-22)28(4)33(30,31)20-12-10-18(3)11-13-20/h5-15,17,21H,16H2,1-4H3,(H,25,27)/t21-/m0/s1. The van der Waals surface area contributed by atoms with Gasteiger partial charge in [0, 0.05) is 25.9 Å². The van der Waals surface area contributed by atoms with E-state index in [0.29, 0.717) is 6.42 Å². The molecular formula is C24H28N4O4S. The maximum Gasteiger partial charge on any atom is 0.329 e. The number of esters is 1. The molecule has 1 atom stereocenters. The summed E-state index contributed by atoms with van der Waals surface area (Å²) >= 11 is 0. The van der Waals surface area contributed by atoms with Gasteiger partial charge in [0.2, 0.25) is 0 Å². The number of ether oxygens (including phenoxy) is 1. The summed E-state index contributed by atoms with van der Waals surface area (Å²) in [7, 11) is -2.48. The van der Waals surface area contributed by atoms with Gasteiger partial charge in [-0.05, 0) is 38.5 Å². The van der Waals surface area contributed by atoms with Gasteiger partial charge >= 0.3 is 5.97 Å². The number of anilines is 2. The van der Waals surface area contributed by atoms with Crippen molar-refractivity contribution in [2.45, 2.75) is 44.2 Å². The number of hydrogen-bond donors (Lipinski definition) is 1. The lowest BCUT2D eigenvalue weighted by Crippen LogP contribution is -2.36. The van der Waals surface area contributed by atoms with Gasteiger partial charge < -0.3 is 10.1 Å². The second-order valence-corrected chi connectivity index (χ2v) is 9.86. The highest BCUT2D eigenvalue weighted by Gasteiger charge is 2.28. The fourth-order valence-corrected chi connectivity index (χ4v) is 4.33. The Morgan fingerprint density at radius 1 is 1.03 bits per heavy atom. The third kappa shape index (κ3) is 6.07. The molecule has 0 saturated heterocycles. The fourth-order valence-electron chi connectivity index (χ4n) is 3.17. The number of carbonyl (C=O) groups excluding carboxylic acids is 1. The Morgan fingerprint density at radius 3 is 2.30 bits per heavy atom. The third-order valence-corrected chi connectivity index (χ3v) is 6.65. The van der Waals surface area contributed by atoms with E-state index >= 15 is 0 Å². The van der Waals surface area contributed by atoms with Crippen molar-refractivity contribution in [2.24, 2.45) is 0 Å². The minimum Gasteiger partial charge on any atom is -0.461 e. The molecule has 0 amide bonds. The van der Waals surface area contributed by atoms with Crippen LogP contribution < -0.4 is 9.62 Å². The van der Waals surface area contributed by atoms with Crippen LogP contribution in [0, 0.1) is 6.92 Å². The maximum atomic E-state index is 13.2. The van der Waals surface area contributed by atoms with Crippen LogP contribution in [-0.4, -0.2) is 43.5 Å². The first kappa shape index (κ1) is 24.2. The average molecular weight is 469 g/mol. The van der Waals surface area contributed by atoms with Gasteiger partial charge in [-0.2, -0.15) is 0 Å². The van der Waals surface area contributed by atoms with Crippen LogP contribution in [0.5, 0.6) is 0 Å². The van der Waals surface area contributed by atoms with Crippen LogP contribution in [0.2, 0.25) is 0 Å². The van der Waals surface area contributed by atoms with E-state index in [1.807, 2.05) is 37.3 Å². The minimum atomic E-state index is -3.89. The highest BCUT2D eigenvalue weighted by Crippen LogP contribution is 2.26. The van der Waals surface area contributed by atoms with Crippen LogP contribution >= 0.6 is 0 Å². The zero-order chi connectivity index (χ0) is 24.0. The van der Waals surface area contributed by atoms with E-state index in [4.69, 9.17) is 4.74 Å². The summed E-state index contributed by atoms with van der Waals surface area (Å²) in [6.07, 6.45) is 2.87. The van der Waals surface area contributed by atoms with Gasteiger partial charge in [0.15, 0.2) is 11.6 Å².